The van der Waals surface area contributed by atoms with E-state index in [2.05, 4.69) is 48.5 Å². The summed E-state index contributed by atoms with van der Waals surface area (Å²) in [6, 6.07) is 25.5. The standard InChI is InChI=1S/C12H13ClO.C12H10NO3.C12H11NO3.C12H15N.C12H12O.C9H10/c13-7-6-12(14)11-5-4-9-2-1-3-10(9)8-11;14-10-5-4-8-6-7-2-1-3-9(7)12(11(8)10)13(15)16;14-11-5-4-9-10(11)6-7-2-1-3-8(7)12(9)13(15)16;13-12-10-5-1-3-8(10)7-9-4-2-6-11(9)12;13-12-5-4-10-6-8-2-1-3-9(8)7-11(10)12;1-2-5-9-7-3-6-8(9)4-1/h4-5,8H,1-3,6-7H2;1,6H,2-5H2;6H,1-5H2;7H,1-6,13H2;6-7H,1-5H2;1-2,4-5H,3,6-7H2/q;+1;;;;. The van der Waals surface area contributed by atoms with Gasteiger partial charge < -0.3 is 5.73 Å². The second kappa shape index (κ2) is 24.5. The number of carbonyl (C=O) groups excluding carboxylic acids is 4. The van der Waals surface area contributed by atoms with Gasteiger partial charge in [-0.05, 0) is 231 Å². The van der Waals surface area contributed by atoms with E-state index in [1.165, 1.54) is 140 Å². The summed E-state index contributed by atoms with van der Waals surface area (Å²) in [6.07, 6.45) is 29.0. The zero-order chi connectivity index (χ0) is 56.3. The summed E-state index contributed by atoms with van der Waals surface area (Å²) >= 11 is 5.54. The zero-order valence-corrected chi connectivity index (χ0v) is 47.2. The van der Waals surface area contributed by atoms with Crippen LogP contribution in [0.1, 0.15) is 200 Å². The fourth-order valence-electron chi connectivity index (χ4n) is 14.4. The molecule has 6 aromatic rings. The molecule has 0 amide bonds. The van der Waals surface area contributed by atoms with E-state index in [-0.39, 0.29) is 38.6 Å². The Hall–Kier alpha value is -7.24. The molecular formula is C69H71ClN3O8+. The van der Waals surface area contributed by atoms with Crippen LogP contribution in [0.3, 0.4) is 0 Å². The molecule has 12 heteroatoms. The van der Waals surface area contributed by atoms with Crippen LogP contribution in [-0.4, -0.2) is 38.9 Å². The molecule has 0 unspecified atom stereocenters. The Morgan fingerprint density at radius 2 is 0.926 bits per heavy atom. The Balaban J connectivity index is 0.000000103. The lowest BCUT2D eigenvalue weighted by molar-refractivity contribution is -0.386. The number of nitrogen functional groups attached to an aromatic ring is 1. The Morgan fingerprint density at radius 3 is 1.57 bits per heavy atom. The van der Waals surface area contributed by atoms with Crippen molar-refractivity contribution in [3.05, 3.63) is 216 Å². The summed E-state index contributed by atoms with van der Waals surface area (Å²) in [7, 11) is 0. The first-order chi connectivity index (χ1) is 39.3. The van der Waals surface area contributed by atoms with E-state index in [1.807, 2.05) is 30.7 Å². The maximum absolute atomic E-state index is 11.7. The van der Waals surface area contributed by atoms with Crippen molar-refractivity contribution in [2.75, 3.05) is 11.6 Å². The van der Waals surface area contributed by atoms with Gasteiger partial charge in [0.1, 0.15) is 12.8 Å². The largest absolute Gasteiger partial charge is 0.398 e. The molecule has 0 bridgehead atoms. The van der Waals surface area contributed by atoms with Gasteiger partial charge >= 0.3 is 0 Å². The number of Topliss-reactive ketones (excluding diaryl/α,β-unsaturated/α-hetero) is 4. The van der Waals surface area contributed by atoms with Gasteiger partial charge in [0.25, 0.3) is 11.4 Å². The number of benzene rings is 6. The van der Waals surface area contributed by atoms with Crippen molar-refractivity contribution in [2.45, 2.75) is 173 Å². The molecule has 81 heavy (non-hydrogen) atoms. The summed E-state index contributed by atoms with van der Waals surface area (Å²) in [5, 5.41) is 22.2. The third-order valence-electron chi connectivity index (χ3n) is 18.4. The highest BCUT2D eigenvalue weighted by molar-refractivity contribution is 6.19. The molecule has 416 valence electrons. The van der Waals surface area contributed by atoms with Crippen LogP contribution in [0.5, 0.6) is 0 Å². The predicted octanol–water partition coefficient (Wildman–Crippen LogP) is 14.0. The van der Waals surface area contributed by atoms with Gasteiger partial charge in [-0.3, -0.25) is 39.4 Å². The summed E-state index contributed by atoms with van der Waals surface area (Å²) < 4.78 is 0. The lowest BCUT2D eigenvalue weighted by Gasteiger charge is -2.10. The van der Waals surface area contributed by atoms with Crippen LogP contribution in [0.2, 0.25) is 0 Å². The molecule has 11 nitrogen and oxygen atoms in total. The van der Waals surface area contributed by atoms with Gasteiger partial charge in [-0.25, -0.2) is 0 Å². The molecule has 10 aliphatic rings. The molecule has 0 spiro atoms. The normalized spacial score (nSPS) is 17.0. The van der Waals surface area contributed by atoms with Gasteiger partial charge in [0, 0.05) is 70.6 Å². The van der Waals surface area contributed by atoms with Gasteiger partial charge in [0.05, 0.1) is 27.4 Å². The maximum atomic E-state index is 11.7. The molecule has 16 rings (SSSR count). The number of anilines is 1. The fraction of sp³-hybridized carbons (Fsp3) is 0.406. The number of aryl methyl sites for hydroxylation is 11. The van der Waals surface area contributed by atoms with E-state index >= 15 is 0 Å². The monoisotopic (exact) mass is 1100 g/mol. The second-order valence-corrected chi connectivity index (χ2v) is 23.7. The molecule has 0 fully saturated rings. The number of nitro benzene ring substituents is 2. The summed E-state index contributed by atoms with van der Waals surface area (Å²) in [6.45, 7) is 0. The van der Waals surface area contributed by atoms with Gasteiger partial charge in [-0.15, -0.1) is 11.6 Å². The van der Waals surface area contributed by atoms with Crippen molar-refractivity contribution in [2.24, 2.45) is 0 Å². The minimum absolute atomic E-state index is 0.0628. The third kappa shape index (κ3) is 11.7. The molecule has 0 saturated carbocycles. The van der Waals surface area contributed by atoms with Crippen LogP contribution >= 0.6 is 11.6 Å². The summed E-state index contributed by atoms with van der Waals surface area (Å²) in [5.74, 6) is 0.916. The summed E-state index contributed by atoms with van der Waals surface area (Å²) in [4.78, 5) is 67.9. The quantitative estimate of drug-likeness (QED) is 0.0439. The number of hydrogen-bond donors (Lipinski definition) is 1. The van der Waals surface area contributed by atoms with Crippen LogP contribution in [0.25, 0.3) is 0 Å². The van der Waals surface area contributed by atoms with E-state index in [0.717, 1.165) is 89.6 Å². The SMILES string of the molecule is Nc1c2c(cc3c1CCC3)CCC2.O=C(CCCl)c1ccc2c(c1)CCC2.O=C1CCc2c1cc1c(c2[N+](=O)[O-])CCC1.O=C1CCc2cc3c(c([N+](=O)[O-])c21)C[CH+]C3.O=C1CCc2cc3c(cc21)CCC3.c1ccc2c(c1)CCC2. The minimum atomic E-state index is -0.389. The number of halogens is 1. The van der Waals surface area contributed by atoms with Crippen LogP contribution in [0.15, 0.2) is 72.8 Å². The fourth-order valence-corrected chi connectivity index (χ4v) is 14.6. The topological polar surface area (TPSA) is 181 Å². The molecule has 0 aliphatic heterocycles. The van der Waals surface area contributed by atoms with Crippen molar-refractivity contribution in [1.82, 2.24) is 0 Å². The molecule has 0 heterocycles. The smallest absolute Gasteiger partial charge is 0.288 e. The second-order valence-electron chi connectivity index (χ2n) is 23.3. The van der Waals surface area contributed by atoms with Gasteiger partial charge in [-0.2, -0.15) is 0 Å². The minimum Gasteiger partial charge on any atom is -0.398 e. The molecule has 6 aromatic carbocycles. The predicted molar refractivity (Wildman–Crippen MR) is 318 cm³/mol. The lowest BCUT2D eigenvalue weighted by atomic mass is 9.99. The highest BCUT2D eigenvalue weighted by Gasteiger charge is 2.38. The number of alkyl halides is 1. The maximum Gasteiger partial charge on any atom is 0.288 e. The van der Waals surface area contributed by atoms with Gasteiger partial charge in [0.2, 0.25) is 0 Å². The number of nitrogens with two attached hydrogens (primary N) is 1. The van der Waals surface area contributed by atoms with Crippen LogP contribution in [0.4, 0.5) is 17.1 Å². The molecule has 0 aromatic heterocycles. The number of carbonyl (C=O) groups is 4. The highest BCUT2D eigenvalue weighted by atomic mass is 35.5. The van der Waals surface area contributed by atoms with Crippen molar-refractivity contribution < 1.29 is 29.0 Å². The molecule has 2 N–H and O–H groups in total. The van der Waals surface area contributed by atoms with Crippen LogP contribution in [-0.2, 0) is 109 Å². The number of fused-ring (bicyclic) bond motifs is 10. The van der Waals surface area contributed by atoms with Gasteiger partial charge in [0.15, 0.2) is 23.1 Å². The Bertz CT molecular complexity index is 3500. The Morgan fingerprint density at radius 1 is 0.444 bits per heavy atom. The average molecular weight is 1110 g/mol. The molecule has 0 saturated heterocycles. The van der Waals surface area contributed by atoms with E-state index in [4.69, 9.17) is 17.3 Å². The molecule has 0 atom stereocenters. The highest BCUT2D eigenvalue weighted by Crippen LogP contribution is 2.42. The lowest BCUT2D eigenvalue weighted by Crippen LogP contribution is -2.04. The van der Waals surface area contributed by atoms with Crippen molar-refractivity contribution in [3.8, 4) is 0 Å². The van der Waals surface area contributed by atoms with Gasteiger partial charge in [-0.1, -0.05) is 48.5 Å². The molecular weight excluding hydrogens is 1030 g/mol. The van der Waals surface area contributed by atoms with E-state index in [1.54, 1.807) is 11.1 Å². The Labute approximate surface area is 479 Å². The first-order valence-corrected chi connectivity index (χ1v) is 30.3. The first kappa shape index (κ1) is 55.7. The zero-order valence-electron chi connectivity index (χ0n) is 46.4. The van der Waals surface area contributed by atoms with E-state index in [0.29, 0.717) is 66.9 Å². The number of nitrogens with zero attached hydrogens (tertiary/aromatic N) is 2. The van der Waals surface area contributed by atoms with Crippen molar-refractivity contribution >= 4 is 51.8 Å². The number of nitro groups is 2. The van der Waals surface area contributed by atoms with Crippen LogP contribution < -0.4 is 5.73 Å². The van der Waals surface area contributed by atoms with E-state index < -0.39 is 0 Å². The number of hydrogen-bond acceptors (Lipinski definition) is 9. The van der Waals surface area contributed by atoms with Crippen molar-refractivity contribution in [1.29, 1.82) is 0 Å². The van der Waals surface area contributed by atoms with E-state index in [9.17, 15) is 39.4 Å². The Kier molecular flexibility index (Phi) is 16.8. The third-order valence-corrected chi connectivity index (χ3v) is 18.6. The molecule has 10 aliphatic carbocycles. The molecule has 0 radical (unpaired) electrons. The first-order valence-electron chi connectivity index (χ1n) is 29.7. The number of ketones is 4. The average Bonchev–Trinajstić information content (AvgIpc) is 4.50. The summed E-state index contributed by atoms with van der Waals surface area (Å²) in [5.41, 5.74) is 31.8. The van der Waals surface area contributed by atoms with Crippen molar-refractivity contribution in [3.63, 3.8) is 0 Å². The number of rotatable bonds is 5. The van der Waals surface area contributed by atoms with Crippen LogP contribution in [0, 0.1) is 26.6 Å².